The molecule has 1 aliphatic heterocycles. The molecule has 0 aliphatic carbocycles. The highest BCUT2D eigenvalue weighted by atomic mass is 16.5. The number of aryl methyl sites for hydroxylation is 1. The van der Waals surface area contributed by atoms with Gasteiger partial charge in [0.1, 0.15) is 11.6 Å². The van der Waals surface area contributed by atoms with Gasteiger partial charge in [0.25, 0.3) is 5.56 Å². The van der Waals surface area contributed by atoms with Gasteiger partial charge in [-0.25, -0.2) is 9.97 Å². The number of pyridine rings is 1. The lowest BCUT2D eigenvalue weighted by Crippen LogP contribution is -2.35. The number of aromatic nitrogens is 3. The largest absolute Gasteiger partial charge is 0.379 e. The van der Waals surface area contributed by atoms with Gasteiger partial charge in [0.05, 0.1) is 13.2 Å². The van der Waals surface area contributed by atoms with Crippen LogP contribution in [0, 0.1) is 13.8 Å². The van der Waals surface area contributed by atoms with E-state index in [9.17, 15) is 4.79 Å². The van der Waals surface area contributed by atoms with Crippen LogP contribution in [0.15, 0.2) is 47.4 Å². The molecule has 0 spiro atoms. The maximum Gasteiger partial charge on any atom is 0.254 e. The number of H-pyrrole nitrogens is 1. The molecular formula is C23H27N5O2. The molecule has 156 valence electrons. The van der Waals surface area contributed by atoms with E-state index < -0.39 is 0 Å². The van der Waals surface area contributed by atoms with Gasteiger partial charge >= 0.3 is 0 Å². The predicted octanol–water partition coefficient (Wildman–Crippen LogP) is 2.89. The molecule has 1 fully saturated rings. The molecule has 3 aromatic rings. The summed E-state index contributed by atoms with van der Waals surface area (Å²) in [6, 6.07) is 12.4. The van der Waals surface area contributed by atoms with Crippen LogP contribution in [0.3, 0.4) is 0 Å². The fourth-order valence-electron chi connectivity index (χ4n) is 3.47. The lowest BCUT2D eigenvalue weighted by atomic mass is 10.1. The summed E-state index contributed by atoms with van der Waals surface area (Å²) in [5, 5.41) is 3.37. The van der Waals surface area contributed by atoms with Crippen molar-refractivity contribution in [2.24, 2.45) is 0 Å². The zero-order valence-corrected chi connectivity index (χ0v) is 17.4. The monoisotopic (exact) mass is 405 g/mol. The molecule has 0 radical (unpaired) electrons. The third kappa shape index (κ3) is 4.93. The van der Waals surface area contributed by atoms with Gasteiger partial charge in [-0.3, -0.25) is 9.69 Å². The average Bonchev–Trinajstić information content (AvgIpc) is 2.77. The number of hydrogen-bond acceptors (Lipinski definition) is 6. The number of benzene rings is 1. The Bertz CT molecular complexity index is 1060. The highest BCUT2D eigenvalue weighted by molar-refractivity contribution is 5.56. The molecule has 30 heavy (non-hydrogen) atoms. The lowest BCUT2D eigenvalue weighted by Gasteiger charge is -2.26. The fourth-order valence-corrected chi connectivity index (χ4v) is 3.47. The van der Waals surface area contributed by atoms with Gasteiger partial charge in [0.15, 0.2) is 0 Å². The number of nitrogens with one attached hydrogen (secondary N) is 2. The highest BCUT2D eigenvalue weighted by Crippen LogP contribution is 2.16. The van der Waals surface area contributed by atoms with Gasteiger partial charge in [-0.15, -0.1) is 0 Å². The van der Waals surface area contributed by atoms with Crippen molar-refractivity contribution in [1.29, 1.82) is 0 Å². The highest BCUT2D eigenvalue weighted by Gasteiger charge is 2.11. The van der Waals surface area contributed by atoms with Crippen molar-refractivity contribution >= 4 is 5.82 Å². The first-order valence-electron chi connectivity index (χ1n) is 10.2. The number of anilines is 1. The molecule has 0 bridgehead atoms. The molecule has 2 N–H and O–H groups in total. The zero-order valence-electron chi connectivity index (χ0n) is 17.4. The summed E-state index contributed by atoms with van der Waals surface area (Å²) in [6.07, 6.45) is 1.73. The van der Waals surface area contributed by atoms with Gasteiger partial charge in [0, 0.05) is 49.2 Å². The third-order valence-corrected chi connectivity index (χ3v) is 5.41. The summed E-state index contributed by atoms with van der Waals surface area (Å²) >= 11 is 0. The zero-order chi connectivity index (χ0) is 20.9. The topological polar surface area (TPSA) is 83.1 Å². The predicted molar refractivity (Wildman–Crippen MR) is 117 cm³/mol. The molecule has 2 aromatic heterocycles. The molecule has 3 heterocycles. The van der Waals surface area contributed by atoms with Gasteiger partial charge in [-0.2, -0.15) is 0 Å². The second kappa shape index (κ2) is 9.19. The molecule has 7 nitrogen and oxygen atoms in total. The number of ether oxygens (including phenoxy) is 1. The van der Waals surface area contributed by atoms with Crippen LogP contribution < -0.4 is 10.9 Å². The summed E-state index contributed by atoms with van der Waals surface area (Å²) < 4.78 is 5.42. The first-order valence-corrected chi connectivity index (χ1v) is 10.2. The van der Waals surface area contributed by atoms with E-state index in [1.807, 2.05) is 19.1 Å². The van der Waals surface area contributed by atoms with E-state index in [1.165, 1.54) is 11.1 Å². The van der Waals surface area contributed by atoms with Crippen LogP contribution in [-0.2, 0) is 17.8 Å². The van der Waals surface area contributed by atoms with Crippen LogP contribution >= 0.6 is 0 Å². The SMILES string of the molecule is Cc1nc(-c2ccc(NCc3cccc(CN4CCOCC4)c3)nc2)[nH]c(=O)c1C. The van der Waals surface area contributed by atoms with Crippen molar-refractivity contribution in [2.45, 2.75) is 26.9 Å². The fraction of sp³-hybridized carbons (Fsp3) is 0.348. The third-order valence-electron chi connectivity index (χ3n) is 5.41. The molecule has 1 saturated heterocycles. The van der Waals surface area contributed by atoms with Crippen molar-refractivity contribution in [3.63, 3.8) is 0 Å². The van der Waals surface area contributed by atoms with Gasteiger partial charge in [0.2, 0.25) is 0 Å². The van der Waals surface area contributed by atoms with Crippen molar-refractivity contribution in [1.82, 2.24) is 19.9 Å². The Morgan fingerprint density at radius 3 is 2.67 bits per heavy atom. The van der Waals surface area contributed by atoms with Crippen molar-refractivity contribution in [3.05, 3.63) is 75.3 Å². The van der Waals surface area contributed by atoms with E-state index >= 15 is 0 Å². The second-order valence-electron chi connectivity index (χ2n) is 7.62. The van der Waals surface area contributed by atoms with Crippen LogP contribution in [0.25, 0.3) is 11.4 Å². The van der Waals surface area contributed by atoms with E-state index in [2.05, 4.69) is 49.4 Å². The van der Waals surface area contributed by atoms with Crippen molar-refractivity contribution in [3.8, 4) is 11.4 Å². The molecule has 0 unspecified atom stereocenters. The Morgan fingerprint density at radius 1 is 1.13 bits per heavy atom. The molecule has 1 aromatic carbocycles. The van der Waals surface area contributed by atoms with Crippen molar-refractivity contribution < 1.29 is 4.74 Å². The first kappa shape index (κ1) is 20.3. The van der Waals surface area contributed by atoms with Crippen LogP contribution in [0.5, 0.6) is 0 Å². The van der Waals surface area contributed by atoms with Gasteiger partial charge in [-0.05, 0) is 37.1 Å². The van der Waals surface area contributed by atoms with E-state index in [1.54, 1.807) is 13.1 Å². The molecule has 0 atom stereocenters. The standard InChI is InChI=1S/C23H27N5O2/c1-16-17(2)26-22(27-23(16)29)20-6-7-21(25-14-20)24-13-18-4-3-5-19(12-18)15-28-8-10-30-11-9-28/h3-7,12,14H,8-11,13,15H2,1-2H3,(H,24,25)(H,26,27,29). The Hall–Kier alpha value is -3.03. The summed E-state index contributed by atoms with van der Waals surface area (Å²) in [7, 11) is 0. The summed E-state index contributed by atoms with van der Waals surface area (Å²) in [5.41, 5.74) is 4.56. The molecule has 0 amide bonds. The average molecular weight is 406 g/mol. The van der Waals surface area contributed by atoms with E-state index in [4.69, 9.17) is 4.74 Å². The summed E-state index contributed by atoms with van der Waals surface area (Å²) in [6.45, 7) is 8.85. The Balaban J connectivity index is 1.38. The Kier molecular flexibility index (Phi) is 6.21. The number of hydrogen-bond donors (Lipinski definition) is 2. The molecule has 1 aliphatic rings. The van der Waals surface area contributed by atoms with E-state index in [0.29, 0.717) is 17.9 Å². The maximum absolute atomic E-state index is 12.0. The number of nitrogens with zero attached hydrogens (tertiary/aromatic N) is 3. The molecule has 7 heteroatoms. The number of morpholine rings is 1. The minimum absolute atomic E-state index is 0.114. The molecule has 4 rings (SSSR count). The van der Waals surface area contributed by atoms with E-state index in [-0.39, 0.29) is 5.56 Å². The van der Waals surface area contributed by atoms with Crippen LogP contribution in [0.2, 0.25) is 0 Å². The summed E-state index contributed by atoms with van der Waals surface area (Å²) in [5.74, 6) is 1.32. The number of rotatable bonds is 6. The van der Waals surface area contributed by atoms with Crippen molar-refractivity contribution in [2.75, 3.05) is 31.6 Å². The van der Waals surface area contributed by atoms with Crippen LogP contribution in [-0.4, -0.2) is 46.2 Å². The maximum atomic E-state index is 12.0. The lowest BCUT2D eigenvalue weighted by molar-refractivity contribution is 0.0342. The summed E-state index contributed by atoms with van der Waals surface area (Å²) in [4.78, 5) is 26.1. The van der Waals surface area contributed by atoms with Gasteiger partial charge in [-0.1, -0.05) is 24.3 Å². The number of aromatic amines is 1. The van der Waals surface area contributed by atoms with Gasteiger partial charge < -0.3 is 15.0 Å². The quantitative estimate of drug-likeness (QED) is 0.656. The van der Waals surface area contributed by atoms with Crippen LogP contribution in [0.1, 0.15) is 22.4 Å². The van der Waals surface area contributed by atoms with E-state index in [0.717, 1.165) is 49.9 Å². The molecular weight excluding hydrogens is 378 g/mol. The Labute approximate surface area is 176 Å². The molecule has 0 saturated carbocycles. The van der Waals surface area contributed by atoms with Crippen LogP contribution in [0.4, 0.5) is 5.82 Å². The minimum atomic E-state index is -0.114. The first-order chi connectivity index (χ1) is 14.6. The Morgan fingerprint density at radius 2 is 1.93 bits per heavy atom. The second-order valence-corrected chi connectivity index (χ2v) is 7.62. The smallest absolute Gasteiger partial charge is 0.254 e. The normalized spacial score (nSPS) is 14.6. The minimum Gasteiger partial charge on any atom is -0.379 e.